The summed E-state index contributed by atoms with van der Waals surface area (Å²) >= 11 is 0. The van der Waals surface area contributed by atoms with Crippen LogP contribution in [0.15, 0.2) is 12.1 Å². The molecule has 2 unspecified atom stereocenters. The number of ether oxygens (including phenoxy) is 3. The number of hydrogen-bond donors (Lipinski definition) is 2. The van der Waals surface area contributed by atoms with Crippen LogP contribution in [-0.2, 0) is 4.74 Å². The predicted octanol–water partition coefficient (Wildman–Crippen LogP) is 1.29. The van der Waals surface area contributed by atoms with Gasteiger partial charge in [-0.15, -0.1) is 0 Å². The van der Waals surface area contributed by atoms with Crippen molar-refractivity contribution < 1.29 is 19.0 Å². The number of carbonyl (C=O) groups is 1. The van der Waals surface area contributed by atoms with E-state index in [4.69, 9.17) is 19.9 Å². The molecule has 1 saturated carbocycles. The standard InChI is InChI=1S/C15H18N2O4/c16-10-6-13-12(20-7-21-13)5-9(10)15(18)17-11-3-4-19-14(11)8-1-2-8/h5-6,8,11,14H,1-4,7,16H2,(H,17,18). The Bertz CT molecular complexity index is 585. The normalized spacial score (nSPS) is 26.9. The van der Waals surface area contributed by atoms with Crippen LogP contribution in [0.1, 0.15) is 29.6 Å². The van der Waals surface area contributed by atoms with Crippen LogP contribution in [0.25, 0.3) is 0 Å². The summed E-state index contributed by atoms with van der Waals surface area (Å²) < 4.78 is 16.3. The molecule has 1 amide bonds. The van der Waals surface area contributed by atoms with Gasteiger partial charge in [0.05, 0.1) is 17.7 Å². The number of amides is 1. The Labute approximate surface area is 122 Å². The number of benzene rings is 1. The van der Waals surface area contributed by atoms with Crippen LogP contribution < -0.4 is 20.5 Å². The van der Waals surface area contributed by atoms with E-state index in [-0.39, 0.29) is 24.8 Å². The maximum atomic E-state index is 12.5. The average Bonchev–Trinajstić information content (AvgIpc) is 3.03. The summed E-state index contributed by atoms with van der Waals surface area (Å²) in [6.07, 6.45) is 3.41. The number of rotatable bonds is 3. The van der Waals surface area contributed by atoms with E-state index in [1.807, 2.05) is 0 Å². The van der Waals surface area contributed by atoms with Gasteiger partial charge in [0.2, 0.25) is 6.79 Å². The van der Waals surface area contributed by atoms with Crippen LogP contribution in [0, 0.1) is 5.92 Å². The zero-order valence-corrected chi connectivity index (χ0v) is 11.6. The van der Waals surface area contributed by atoms with E-state index in [1.165, 1.54) is 12.8 Å². The number of fused-ring (bicyclic) bond motifs is 1. The highest BCUT2D eigenvalue weighted by Gasteiger charge is 2.41. The Balaban J connectivity index is 1.52. The van der Waals surface area contributed by atoms with E-state index in [2.05, 4.69) is 5.32 Å². The van der Waals surface area contributed by atoms with E-state index in [9.17, 15) is 4.79 Å². The van der Waals surface area contributed by atoms with Gasteiger partial charge in [-0.2, -0.15) is 0 Å². The van der Waals surface area contributed by atoms with E-state index in [1.54, 1.807) is 12.1 Å². The van der Waals surface area contributed by atoms with Gasteiger partial charge in [-0.05, 0) is 31.2 Å². The summed E-state index contributed by atoms with van der Waals surface area (Å²) in [5, 5.41) is 3.06. The summed E-state index contributed by atoms with van der Waals surface area (Å²) in [6, 6.07) is 3.37. The minimum absolute atomic E-state index is 0.0785. The van der Waals surface area contributed by atoms with E-state index in [0.717, 1.165) is 6.42 Å². The molecule has 6 nitrogen and oxygen atoms in total. The third-order valence-electron chi connectivity index (χ3n) is 4.33. The smallest absolute Gasteiger partial charge is 0.253 e. The summed E-state index contributed by atoms with van der Waals surface area (Å²) in [4.78, 5) is 12.5. The Morgan fingerprint density at radius 2 is 1.95 bits per heavy atom. The quantitative estimate of drug-likeness (QED) is 0.820. The van der Waals surface area contributed by atoms with Crippen molar-refractivity contribution in [3.05, 3.63) is 17.7 Å². The van der Waals surface area contributed by atoms with Crippen LogP contribution >= 0.6 is 0 Å². The van der Waals surface area contributed by atoms with Gasteiger partial charge < -0.3 is 25.3 Å². The second-order valence-corrected chi connectivity index (χ2v) is 5.83. The lowest BCUT2D eigenvalue weighted by Crippen LogP contribution is -2.41. The van der Waals surface area contributed by atoms with Gasteiger partial charge in [-0.25, -0.2) is 0 Å². The molecule has 0 bridgehead atoms. The first-order valence-corrected chi connectivity index (χ1v) is 7.34. The minimum atomic E-state index is -0.174. The molecule has 2 heterocycles. The number of anilines is 1. The number of hydrogen-bond acceptors (Lipinski definition) is 5. The van der Waals surface area contributed by atoms with E-state index < -0.39 is 0 Å². The topological polar surface area (TPSA) is 82.8 Å². The molecule has 6 heteroatoms. The SMILES string of the molecule is Nc1cc2c(cc1C(=O)NC1CCOC1C1CC1)OCO2. The predicted molar refractivity (Wildman–Crippen MR) is 75.3 cm³/mol. The highest BCUT2D eigenvalue weighted by molar-refractivity contribution is 6.00. The first-order chi connectivity index (χ1) is 10.2. The van der Waals surface area contributed by atoms with Crippen molar-refractivity contribution in [2.45, 2.75) is 31.4 Å². The molecule has 1 aromatic carbocycles. The van der Waals surface area contributed by atoms with Crippen molar-refractivity contribution in [1.29, 1.82) is 0 Å². The Morgan fingerprint density at radius 1 is 1.19 bits per heavy atom. The van der Waals surface area contributed by atoms with Gasteiger partial charge in [0.1, 0.15) is 0 Å². The zero-order chi connectivity index (χ0) is 14.4. The lowest BCUT2D eigenvalue weighted by molar-refractivity contribution is 0.0730. The molecule has 1 aromatic rings. The molecular weight excluding hydrogens is 272 g/mol. The van der Waals surface area contributed by atoms with Crippen molar-refractivity contribution in [2.24, 2.45) is 5.92 Å². The van der Waals surface area contributed by atoms with Crippen LogP contribution in [0.4, 0.5) is 5.69 Å². The summed E-state index contributed by atoms with van der Waals surface area (Å²) in [6.45, 7) is 0.878. The average molecular weight is 290 g/mol. The van der Waals surface area contributed by atoms with Crippen molar-refractivity contribution in [2.75, 3.05) is 19.1 Å². The second-order valence-electron chi connectivity index (χ2n) is 5.83. The van der Waals surface area contributed by atoms with Crippen LogP contribution in [0.5, 0.6) is 11.5 Å². The van der Waals surface area contributed by atoms with Crippen LogP contribution in [-0.4, -0.2) is 31.5 Å². The Morgan fingerprint density at radius 3 is 2.71 bits per heavy atom. The van der Waals surface area contributed by atoms with Crippen LogP contribution in [0.3, 0.4) is 0 Å². The first kappa shape index (κ1) is 12.8. The van der Waals surface area contributed by atoms with Gasteiger partial charge in [0, 0.05) is 18.4 Å². The fraction of sp³-hybridized carbons (Fsp3) is 0.533. The van der Waals surface area contributed by atoms with E-state index >= 15 is 0 Å². The third-order valence-corrected chi connectivity index (χ3v) is 4.33. The van der Waals surface area contributed by atoms with Crippen molar-refractivity contribution >= 4 is 11.6 Å². The van der Waals surface area contributed by atoms with Crippen molar-refractivity contribution in [1.82, 2.24) is 5.32 Å². The molecule has 2 aliphatic heterocycles. The number of nitrogen functional groups attached to an aromatic ring is 1. The highest BCUT2D eigenvalue weighted by atomic mass is 16.7. The Hall–Kier alpha value is -1.95. The molecule has 1 saturated heterocycles. The lowest BCUT2D eigenvalue weighted by atomic mass is 10.0. The summed E-state index contributed by atoms with van der Waals surface area (Å²) in [5.74, 6) is 1.58. The number of nitrogens with two attached hydrogens (primary N) is 1. The largest absolute Gasteiger partial charge is 0.454 e. The van der Waals surface area contributed by atoms with Gasteiger partial charge in [-0.1, -0.05) is 0 Å². The van der Waals surface area contributed by atoms with E-state index in [0.29, 0.717) is 35.3 Å². The van der Waals surface area contributed by atoms with Crippen LogP contribution in [0.2, 0.25) is 0 Å². The van der Waals surface area contributed by atoms with Gasteiger partial charge in [0.15, 0.2) is 11.5 Å². The van der Waals surface area contributed by atoms with Crippen molar-refractivity contribution in [3.63, 3.8) is 0 Å². The molecule has 21 heavy (non-hydrogen) atoms. The fourth-order valence-electron chi connectivity index (χ4n) is 3.06. The van der Waals surface area contributed by atoms with Crippen molar-refractivity contribution in [3.8, 4) is 11.5 Å². The second kappa shape index (κ2) is 4.80. The monoisotopic (exact) mass is 290 g/mol. The molecule has 3 aliphatic rings. The lowest BCUT2D eigenvalue weighted by Gasteiger charge is -2.20. The summed E-state index contributed by atoms with van der Waals surface area (Å²) in [5.41, 5.74) is 6.78. The molecule has 1 aliphatic carbocycles. The first-order valence-electron chi connectivity index (χ1n) is 7.34. The number of carbonyl (C=O) groups excluding carboxylic acids is 1. The molecule has 112 valence electrons. The van der Waals surface area contributed by atoms with Gasteiger partial charge in [0.25, 0.3) is 5.91 Å². The molecular formula is C15H18N2O4. The maximum absolute atomic E-state index is 12.5. The highest BCUT2D eigenvalue weighted by Crippen LogP contribution is 2.39. The molecule has 0 spiro atoms. The zero-order valence-electron chi connectivity index (χ0n) is 11.6. The number of nitrogens with one attached hydrogen (secondary N) is 1. The van der Waals surface area contributed by atoms with Gasteiger partial charge in [-0.3, -0.25) is 4.79 Å². The molecule has 4 rings (SSSR count). The molecule has 0 radical (unpaired) electrons. The summed E-state index contributed by atoms with van der Waals surface area (Å²) in [7, 11) is 0. The molecule has 2 atom stereocenters. The molecule has 2 fully saturated rings. The molecule has 3 N–H and O–H groups in total. The fourth-order valence-corrected chi connectivity index (χ4v) is 3.06. The molecule has 0 aromatic heterocycles. The maximum Gasteiger partial charge on any atom is 0.253 e. The third kappa shape index (κ3) is 2.29. The van der Waals surface area contributed by atoms with Gasteiger partial charge >= 0.3 is 0 Å². The Kier molecular flexibility index (Phi) is 2.92. The minimum Gasteiger partial charge on any atom is -0.454 e.